The Morgan fingerprint density at radius 2 is 1.88 bits per heavy atom. The molecule has 16 heavy (non-hydrogen) atoms. The van der Waals surface area contributed by atoms with Gasteiger partial charge in [-0.15, -0.1) is 0 Å². The van der Waals surface area contributed by atoms with Gasteiger partial charge >= 0.3 is 0 Å². The van der Waals surface area contributed by atoms with Crippen LogP contribution in [0.5, 0.6) is 0 Å². The topological polar surface area (TPSA) is 21.3 Å². The molecule has 0 radical (unpaired) electrons. The molecule has 2 nitrogen and oxygen atoms in total. The summed E-state index contributed by atoms with van der Waals surface area (Å²) in [5.41, 5.74) is 1.30. The van der Waals surface area contributed by atoms with Crippen LogP contribution in [0, 0.1) is 0 Å². The highest BCUT2D eigenvalue weighted by molar-refractivity contribution is 9.10. The van der Waals surface area contributed by atoms with Gasteiger partial charge in [-0.25, -0.2) is 0 Å². The normalized spacial score (nSPS) is 14.8. The maximum absolute atomic E-state index is 5.48. The first-order valence-corrected chi connectivity index (χ1v) is 6.53. The van der Waals surface area contributed by atoms with E-state index in [1.54, 1.807) is 0 Å². The van der Waals surface area contributed by atoms with E-state index in [1.807, 2.05) is 6.92 Å². The lowest BCUT2D eigenvalue weighted by Gasteiger charge is -2.18. The minimum atomic E-state index is 0.267. The van der Waals surface area contributed by atoms with Gasteiger partial charge in [0.05, 0.1) is 6.10 Å². The van der Waals surface area contributed by atoms with Crippen molar-refractivity contribution >= 4 is 15.9 Å². The molecule has 0 bridgehead atoms. The molecule has 0 saturated carbocycles. The lowest BCUT2D eigenvalue weighted by atomic mass is 10.1. The Kier molecular flexibility index (Phi) is 6.03. The molecule has 0 aromatic heterocycles. The summed E-state index contributed by atoms with van der Waals surface area (Å²) < 4.78 is 6.59. The van der Waals surface area contributed by atoms with Gasteiger partial charge < -0.3 is 10.1 Å². The third-order valence-corrected chi connectivity index (χ3v) is 3.06. The SMILES string of the molecule is CCOC(C)CNC(C)c1ccc(Br)cc1. The maximum Gasteiger partial charge on any atom is 0.0671 e. The molecular formula is C13H20BrNO. The van der Waals surface area contributed by atoms with Crippen LogP contribution in [0.1, 0.15) is 32.4 Å². The number of benzene rings is 1. The average Bonchev–Trinajstić information content (AvgIpc) is 2.27. The van der Waals surface area contributed by atoms with Crippen molar-refractivity contribution in [3.63, 3.8) is 0 Å². The summed E-state index contributed by atoms with van der Waals surface area (Å²) in [7, 11) is 0. The van der Waals surface area contributed by atoms with Crippen molar-refractivity contribution in [2.75, 3.05) is 13.2 Å². The Labute approximate surface area is 107 Å². The maximum atomic E-state index is 5.48. The molecule has 1 rings (SSSR count). The van der Waals surface area contributed by atoms with Crippen LogP contribution in [0.3, 0.4) is 0 Å². The highest BCUT2D eigenvalue weighted by Crippen LogP contribution is 2.16. The van der Waals surface area contributed by atoms with Gasteiger partial charge in [-0.3, -0.25) is 0 Å². The largest absolute Gasteiger partial charge is 0.377 e. The number of ether oxygens (including phenoxy) is 1. The molecule has 3 heteroatoms. The zero-order valence-corrected chi connectivity index (χ0v) is 11.8. The lowest BCUT2D eigenvalue weighted by molar-refractivity contribution is 0.0743. The molecule has 0 saturated heterocycles. The summed E-state index contributed by atoms with van der Waals surface area (Å²) in [6, 6.07) is 8.76. The number of halogens is 1. The fourth-order valence-electron chi connectivity index (χ4n) is 1.56. The standard InChI is InChI=1S/C13H20BrNO/c1-4-16-10(2)9-15-11(3)12-5-7-13(14)8-6-12/h5-8,10-11,15H,4,9H2,1-3H3. The fraction of sp³-hybridized carbons (Fsp3) is 0.538. The van der Waals surface area contributed by atoms with E-state index in [1.165, 1.54) is 5.56 Å². The quantitative estimate of drug-likeness (QED) is 0.864. The van der Waals surface area contributed by atoms with Crippen LogP contribution in [0.2, 0.25) is 0 Å². The predicted octanol–water partition coefficient (Wildman–Crippen LogP) is 3.52. The van der Waals surface area contributed by atoms with Crippen LogP contribution in [0.25, 0.3) is 0 Å². The van der Waals surface area contributed by atoms with E-state index in [2.05, 4.69) is 59.4 Å². The molecule has 0 spiro atoms. The molecule has 0 fully saturated rings. The third-order valence-electron chi connectivity index (χ3n) is 2.53. The van der Waals surface area contributed by atoms with E-state index in [-0.39, 0.29) is 6.10 Å². The summed E-state index contributed by atoms with van der Waals surface area (Å²) in [6.45, 7) is 7.93. The number of hydrogen-bond donors (Lipinski definition) is 1. The van der Waals surface area contributed by atoms with Crippen LogP contribution in [-0.2, 0) is 4.74 Å². The van der Waals surface area contributed by atoms with Crippen LogP contribution < -0.4 is 5.32 Å². The smallest absolute Gasteiger partial charge is 0.0671 e. The van der Waals surface area contributed by atoms with Crippen molar-refractivity contribution in [3.8, 4) is 0 Å². The Morgan fingerprint density at radius 1 is 1.25 bits per heavy atom. The summed E-state index contributed by atoms with van der Waals surface area (Å²) in [6.07, 6.45) is 0.267. The molecule has 2 unspecified atom stereocenters. The van der Waals surface area contributed by atoms with Crippen molar-refractivity contribution in [3.05, 3.63) is 34.3 Å². The zero-order valence-electron chi connectivity index (χ0n) is 10.2. The Balaban J connectivity index is 2.40. The van der Waals surface area contributed by atoms with Gasteiger partial charge in [0, 0.05) is 23.7 Å². The van der Waals surface area contributed by atoms with Gasteiger partial charge in [0.25, 0.3) is 0 Å². The van der Waals surface area contributed by atoms with E-state index in [0.29, 0.717) is 6.04 Å². The average molecular weight is 286 g/mol. The molecular weight excluding hydrogens is 266 g/mol. The van der Waals surface area contributed by atoms with Gasteiger partial charge in [-0.2, -0.15) is 0 Å². The first-order chi connectivity index (χ1) is 7.63. The molecule has 2 atom stereocenters. The van der Waals surface area contributed by atoms with E-state index < -0.39 is 0 Å². The summed E-state index contributed by atoms with van der Waals surface area (Å²) in [5, 5.41) is 3.46. The Hall–Kier alpha value is -0.380. The van der Waals surface area contributed by atoms with Crippen LogP contribution in [0.15, 0.2) is 28.7 Å². The highest BCUT2D eigenvalue weighted by Gasteiger charge is 2.06. The Morgan fingerprint density at radius 3 is 2.44 bits per heavy atom. The van der Waals surface area contributed by atoms with Crippen molar-refractivity contribution < 1.29 is 4.74 Å². The molecule has 0 aliphatic rings. The highest BCUT2D eigenvalue weighted by atomic mass is 79.9. The molecule has 0 heterocycles. The van der Waals surface area contributed by atoms with Crippen LogP contribution >= 0.6 is 15.9 Å². The fourth-order valence-corrected chi connectivity index (χ4v) is 1.82. The van der Waals surface area contributed by atoms with Crippen molar-refractivity contribution in [2.45, 2.75) is 32.9 Å². The molecule has 1 N–H and O–H groups in total. The minimum absolute atomic E-state index is 0.267. The molecule has 1 aromatic rings. The van der Waals surface area contributed by atoms with Crippen LogP contribution in [-0.4, -0.2) is 19.3 Å². The second-order valence-electron chi connectivity index (χ2n) is 3.95. The van der Waals surface area contributed by atoms with Gasteiger partial charge in [-0.05, 0) is 38.5 Å². The molecule has 90 valence electrons. The monoisotopic (exact) mass is 285 g/mol. The molecule has 0 aliphatic carbocycles. The van der Waals surface area contributed by atoms with Gasteiger partial charge in [-0.1, -0.05) is 28.1 Å². The second-order valence-corrected chi connectivity index (χ2v) is 4.86. The summed E-state index contributed by atoms with van der Waals surface area (Å²) >= 11 is 3.44. The lowest BCUT2D eigenvalue weighted by Crippen LogP contribution is -2.29. The van der Waals surface area contributed by atoms with Crippen molar-refractivity contribution in [1.29, 1.82) is 0 Å². The predicted molar refractivity (Wildman–Crippen MR) is 71.6 cm³/mol. The minimum Gasteiger partial charge on any atom is -0.377 e. The van der Waals surface area contributed by atoms with Gasteiger partial charge in [0.1, 0.15) is 0 Å². The van der Waals surface area contributed by atoms with E-state index >= 15 is 0 Å². The molecule has 1 aromatic carbocycles. The van der Waals surface area contributed by atoms with Crippen molar-refractivity contribution in [1.82, 2.24) is 5.32 Å². The van der Waals surface area contributed by atoms with E-state index in [0.717, 1.165) is 17.6 Å². The summed E-state index contributed by atoms with van der Waals surface area (Å²) in [5.74, 6) is 0. The first kappa shape index (κ1) is 13.7. The van der Waals surface area contributed by atoms with Gasteiger partial charge in [0.2, 0.25) is 0 Å². The van der Waals surface area contributed by atoms with E-state index in [4.69, 9.17) is 4.74 Å². The first-order valence-electron chi connectivity index (χ1n) is 5.74. The van der Waals surface area contributed by atoms with E-state index in [9.17, 15) is 0 Å². The third kappa shape index (κ3) is 4.64. The number of hydrogen-bond acceptors (Lipinski definition) is 2. The number of rotatable bonds is 6. The molecule has 0 amide bonds. The zero-order chi connectivity index (χ0) is 12.0. The van der Waals surface area contributed by atoms with Crippen molar-refractivity contribution in [2.24, 2.45) is 0 Å². The van der Waals surface area contributed by atoms with Gasteiger partial charge in [0.15, 0.2) is 0 Å². The molecule has 0 aliphatic heterocycles. The number of nitrogens with one attached hydrogen (secondary N) is 1. The van der Waals surface area contributed by atoms with Crippen LogP contribution in [0.4, 0.5) is 0 Å². The summed E-state index contributed by atoms with van der Waals surface area (Å²) in [4.78, 5) is 0. The second kappa shape index (κ2) is 7.05. The Bertz CT molecular complexity index is 299.